The average Bonchev–Trinajstić information content (AvgIpc) is 3.00. The lowest BCUT2D eigenvalue weighted by Crippen LogP contribution is -2.60. The molecule has 3 aliphatic rings. The molecule has 4 rings (SSSR count). The molecule has 1 amide bonds. The van der Waals surface area contributed by atoms with Crippen LogP contribution in [0.2, 0.25) is 0 Å². The summed E-state index contributed by atoms with van der Waals surface area (Å²) in [4.78, 5) is 14.3. The maximum atomic E-state index is 11.6. The molecule has 2 N–H and O–H groups in total. The van der Waals surface area contributed by atoms with Crippen LogP contribution in [0.15, 0.2) is 18.2 Å². The summed E-state index contributed by atoms with van der Waals surface area (Å²) >= 11 is 0. The van der Waals surface area contributed by atoms with Gasteiger partial charge in [0, 0.05) is 24.8 Å². The number of nitrogens with zero attached hydrogens (tertiary/aromatic N) is 1. The molecule has 2 aliphatic heterocycles. The van der Waals surface area contributed by atoms with Gasteiger partial charge in [0.2, 0.25) is 5.91 Å². The fourth-order valence-corrected chi connectivity index (χ4v) is 5.45. The zero-order valence-corrected chi connectivity index (χ0v) is 15.7. The lowest BCUT2D eigenvalue weighted by molar-refractivity contribution is -0.0508. The van der Waals surface area contributed by atoms with Crippen molar-refractivity contribution in [1.82, 2.24) is 4.90 Å². The summed E-state index contributed by atoms with van der Waals surface area (Å²) in [5.74, 6) is 0.229. The van der Waals surface area contributed by atoms with Crippen LogP contribution in [-0.2, 0) is 16.6 Å². The van der Waals surface area contributed by atoms with Gasteiger partial charge in [-0.25, -0.2) is 0 Å². The molecule has 1 aliphatic carbocycles. The van der Waals surface area contributed by atoms with Gasteiger partial charge in [0.1, 0.15) is 0 Å². The van der Waals surface area contributed by atoms with Crippen molar-refractivity contribution in [2.45, 2.75) is 63.5 Å². The van der Waals surface area contributed by atoms with Crippen LogP contribution >= 0.6 is 0 Å². The van der Waals surface area contributed by atoms with Crippen molar-refractivity contribution < 1.29 is 9.53 Å². The molecule has 0 radical (unpaired) electrons. The summed E-state index contributed by atoms with van der Waals surface area (Å²) in [7, 11) is 0. The first-order valence-electron chi connectivity index (χ1n) is 9.64. The van der Waals surface area contributed by atoms with Crippen LogP contribution in [0.1, 0.15) is 61.5 Å². The van der Waals surface area contributed by atoms with E-state index in [-0.39, 0.29) is 16.9 Å². The molecule has 4 heteroatoms. The van der Waals surface area contributed by atoms with Crippen molar-refractivity contribution in [2.75, 3.05) is 19.7 Å². The van der Waals surface area contributed by atoms with E-state index in [9.17, 15) is 4.79 Å². The summed E-state index contributed by atoms with van der Waals surface area (Å²) in [5.41, 5.74) is 9.03. The molecule has 2 saturated heterocycles. The van der Waals surface area contributed by atoms with E-state index in [0.29, 0.717) is 17.5 Å². The maximum Gasteiger partial charge on any atom is 0.248 e. The van der Waals surface area contributed by atoms with Crippen molar-refractivity contribution in [3.63, 3.8) is 0 Å². The summed E-state index contributed by atoms with van der Waals surface area (Å²) < 4.78 is 6.06. The summed E-state index contributed by atoms with van der Waals surface area (Å²) in [6, 6.07) is 6.62. The number of amides is 1. The molecule has 2 fully saturated rings. The number of hydrogen-bond donors (Lipinski definition) is 1. The van der Waals surface area contributed by atoms with Crippen LogP contribution in [0.3, 0.4) is 0 Å². The number of piperidine rings is 1. The average molecular weight is 342 g/mol. The number of hydrogen-bond acceptors (Lipinski definition) is 3. The summed E-state index contributed by atoms with van der Waals surface area (Å²) in [6.07, 6.45) is 4.53. The molecule has 136 valence electrons. The van der Waals surface area contributed by atoms with Crippen LogP contribution in [0.4, 0.5) is 0 Å². The van der Waals surface area contributed by atoms with Gasteiger partial charge in [-0.05, 0) is 73.7 Å². The van der Waals surface area contributed by atoms with Crippen molar-refractivity contribution >= 4 is 5.91 Å². The van der Waals surface area contributed by atoms with Gasteiger partial charge in [0.15, 0.2) is 0 Å². The number of fused-ring (bicyclic) bond motifs is 4. The minimum atomic E-state index is -0.329. The van der Waals surface area contributed by atoms with Gasteiger partial charge < -0.3 is 10.5 Å². The number of nitrogens with two attached hydrogens (primary N) is 1. The number of ether oxygens (including phenoxy) is 1. The minimum absolute atomic E-state index is 0.0174. The molecule has 0 saturated carbocycles. The van der Waals surface area contributed by atoms with E-state index in [1.54, 1.807) is 0 Å². The van der Waals surface area contributed by atoms with Gasteiger partial charge in [-0.1, -0.05) is 19.9 Å². The van der Waals surface area contributed by atoms with Gasteiger partial charge in [0.25, 0.3) is 0 Å². The third-order valence-electron chi connectivity index (χ3n) is 7.25. The van der Waals surface area contributed by atoms with E-state index >= 15 is 0 Å². The molecule has 4 atom stereocenters. The Kier molecular flexibility index (Phi) is 3.97. The molecule has 0 spiro atoms. The van der Waals surface area contributed by atoms with Gasteiger partial charge in [-0.3, -0.25) is 9.69 Å². The highest BCUT2D eigenvalue weighted by molar-refractivity contribution is 5.93. The van der Waals surface area contributed by atoms with Crippen LogP contribution in [-0.4, -0.2) is 42.1 Å². The van der Waals surface area contributed by atoms with Gasteiger partial charge in [-0.2, -0.15) is 0 Å². The SMILES string of the molecule is C[C@H]1[C@H]2Cc3ccc(C(N)=O)cc3[C@@]1(C)CCN2C[C@@]1(C)CCCO1. The molecule has 0 unspecified atom stereocenters. The highest BCUT2D eigenvalue weighted by atomic mass is 16.5. The zero-order chi connectivity index (χ0) is 17.8. The largest absolute Gasteiger partial charge is 0.374 e. The summed E-state index contributed by atoms with van der Waals surface area (Å²) in [5, 5.41) is 0. The predicted octanol–water partition coefficient (Wildman–Crippen LogP) is 2.88. The monoisotopic (exact) mass is 342 g/mol. The maximum absolute atomic E-state index is 11.6. The molecular weight excluding hydrogens is 312 g/mol. The first-order chi connectivity index (χ1) is 11.8. The topological polar surface area (TPSA) is 55.6 Å². The Bertz CT molecular complexity index is 695. The second-order valence-electron chi connectivity index (χ2n) is 8.84. The predicted molar refractivity (Wildman–Crippen MR) is 98.7 cm³/mol. The Labute approximate surface area is 150 Å². The van der Waals surface area contributed by atoms with Gasteiger partial charge in [0.05, 0.1) is 5.60 Å². The van der Waals surface area contributed by atoms with E-state index < -0.39 is 0 Å². The molecule has 0 aromatic heterocycles. The highest BCUT2D eigenvalue weighted by Gasteiger charge is 2.49. The van der Waals surface area contributed by atoms with Crippen LogP contribution in [0, 0.1) is 5.92 Å². The Morgan fingerprint density at radius 2 is 2.16 bits per heavy atom. The van der Waals surface area contributed by atoms with E-state index in [1.165, 1.54) is 24.0 Å². The Balaban J connectivity index is 1.65. The van der Waals surface area contributed by atoms with Crippen LogP contribution in [0.5, 0.6) is 0 Å². The lowest BCUT2D eigenvalue weighted by atomic mass is 9.58. The number of rotatable bonds is 3. The van der Waals surface area contributed by atoms with Crippen molar-refractivity contribution in [1.29, 1.82) is 0 Å². The normalized spacial score (nSPS) is 37.7. The molecule has 1 aromatic rings. The number of carbonyl (C=O) groups is 1. The second kappa shape index (κ2) is 5.82. The first-order valence-corrected chi connectivity index (χ1v) is 9.64. The van der Waals surface area contributed by atoms with Crippen LogP contribution < -0.4 is 5.73 Å². The quantitative estimate of drug-likeness (QED) is 0.919. The third kappa shape index (κ3) is 2.70. The van der Waals surface area contributed by atoms with Crippen molar-refractivity contribution in [2.24, 2.45) is 11.7 Å². The fourth-order valence-electron chi connectivity index (χ4n) is 5.45. The highest BCUT2D eigenvalue weighted by Crippen LogP contribution is 2.49. The van der Waals surface area contributed by atoms with Crippen LogP contribution in [0.25, 0.3) is 0 Å². The molecular formula is C21H30N2O2. The van der Waals surface area contributed by atoms with E-state index in [0.717, 1.165) is 32.5 Å². The molecule has 25 heavy (non-hydrogen) atoms. The third-order valence-corrected chi connectivity index (χ3v) is 7.25. The Morgan fingerprint density at radius 1 is 1.36 bits per heavy atom. The van der Waals surface area contributed by atoms with Gasteiger partial charge in [-0.15, -0.1) is 0 Å². The van der Waals surface area contributed by atoms with E-state index in [4.69, 9.17) is 10.5 Å². The number of benzene rings is 1. The number of carbonyl (C=O) groups excluding carboxylic acids is 1. The van der Waals surface area contributed by atoms with Gasteiger partial charge >= 0.3 is 0 Å². The molecule has 1 aromatic carbocycles. The number of likely N-dealkylation sites (tertiary alicyclic amines) is 1. The zero-order valence-electron chi connectivity index (χ0n) is 15.7. The summed E-state index contributed by atoms with van der Waals surface area (Å²) in [6.45, 7) is 10.1. The lowest BCUT2D eigenvalue weighted by Gasteiger charge is -2.55. The first kappa shape index (κ1) is 17.0. The van der Waals surface area contributed by atoms with Crippen molar-refractivity contribution in [3.8, 4) is 0 Å². The minimum Gasteiger partial charge on any atom is -0.374 e. The smallest absolute Gasteiger partial charge is 0.248 e. The fraction of sp³-hybridized carbons (Fsp3) is 0.667. The second-order valence-corrected chi connectivity index (χ2v) is 8.84. The number of primary amides is 1. The molecule has 2 heterocycles. The van der Waals surface area contributed by atoms with Crippen molar-refractivity contribution in [3.05, 3.63) is 34.9 Å². The Hall–Kier alpha value is -1.39. The Morgan fingerprint density at radius 3 is 2.84 bits per heavy atom. The van der Waals surface area contributed by atoms with E-state index in [1.807, 2.05) is 6.07 Å². The molecule has 4 nitrogen and oxygen atoms in total. The van der Waals surface area contributed by atoms with E-state index in [2.05, 4.69) is 37.8 Å². The molecule has 2 bridgehead atoms. The standard InChI is InChI=1S/C21H30N2O2/c1-14-18-12-15-5-6-16(19(22)24)11-17(15)21(14,3)8-9-23(18)13-20(2)7-4-10-25-20/h5-6,11,14,18H,4,7-10,12-13H2,1-3H3,(H2,22,24)/t14-,18+,20+,21-/m0/s1.